The van der Waals surface area contributed by atoms with Crippen molar-refractivity contribution in [1.82, 2.24) is 30.3 Å². The molecule has 1 N–H and O–H groups in total. The highest BCUT2D eigenvalue weighted by atomic mass is 32.2. The van der Waals surface area contributed by atoms with Crippen LogP contribution in [0.4, 0.5) is 0 Å². The minimum absolute atomic E-state index is 0.232. The molecule has 0 radical (unpaired) electrons. The van der Waals surface area contributed by atoms with Crippen LogP contribution in [0.15, 0.2) is 88.6 Å². The molecule has 0 aliphatic carbocycles. The van der Waals surface area contributed by atoms with Gasteiger partial charge in [0.15, 0.2) is 10.9 Å². The zero-order valence-electron chi connectivity index (χ0n) is 18.0. The largest absolute Gasteiger partial charge is 0.461 e. The van der Waals surface area contributed by atoms with Crippen LogP contribution in [-0.2, 0) is 18.8 Å². The van der Waals surface area contributed by atoms with Crippen molar-refractivity contribution in [2.24, 2.45) is 0 Å². The van der Waals surface area contributed by atoms with Gasteiger partial charge in [-0.25, -0.2) is 0 Å². The van der Waals surface area contributed by atoms with Crippen molar-refractivity contribution in [3.63, 3.8) is 0 Å². The third-order valence-electron chi connectivity index (χ3n) is 4.92. The Morgan fingerprint density at radius 2 is 1.68 bits per heavy atom. The molecular formula is C24H20N6O2S2. The second-order valence-electron chi connectivity index (χ2n) is 7.31. The van der Waals surface area contributed by atoms with Crippen molar-refractivity contribution in [2.75, 3.05) is 0 Å². The van der Waals surface area contributed by atoms with Crippen molar-refractivity contribution in [2.45, 2.75) is 24.0 Å². The first-order chi connectivity index (χ1) is 16.8. The molecule has 170 valence electrons. The monoisotopic (exact) mass is 488 g/mol. The summed E-state index contributed by atoms with van der Waals surface area (Å²) in [4.78, 5) is 12.5. The number of nitrogens with one attached hydrogen (secondary N) is 1. The summed E-state index contributed by atoms with van der Waals surface area (Å²) in [5.41, 5.74) is 2.16. The Hall–Kier alpha value is -3.76. The van der Waals surface area contributed by atoms with Crippen molar-refractivity contribution < 1.29 is 9.21 Å². The third-order valence-corrected chi connectivity index (χ3v) is 7.01. The van der Waals surface area contributed by atoms with Crippen LogP contribution in [0.2, 0.25) is 0 Å². The molecule has 0 spiro atoms. The molecule has 0 fully saturated rings. The lowest BCUT2D eigenvalue weighted by molar-refractivity contribution is 0.0950. The van der Waals surface area contributed by atoms with E-state index in [0.29, 0.717) is 35.4 Å². The number of hydrogen-bond acceptors (Lipinski definition) is 8. The SMILES string of the molecule is O=C(NCc1ccccc1)c1nnc(CSc2nnc(-c3ccco3)n2Cc2ccccc2)s1. The zero-order chi connectivity index (χ0) is 23.2. The summed E-state index contributed by atoms with van der Waals surface area (Å²) in [5, 5.41) is 21.7. The lowest BCUT2D eigenvalue weighted by Gasteiger charge is -2.08. The number of nitrogens with zero attached hydrogens (tertiary/aromatic N) is 5. The van der Waals surface area contributed by atoms with E-state index >= 15 is 0 Å². The van der Waals surface area contributed by atoms with Gasteiger partial charge >= 0.3 is 0 Å². The topological polar surface area (TPSA) is 98.7 Å². The summed E-state index contributed by atoms with van der Waals surface area (Å²) in [6.45, 7) is 1.05. The number of hydrogen-bond donors (Lipinski definition) is 1. The van der Waals surface area contributed by atoms with E-state index in [4.69, 9.17) is 4.42 Å². The number of carbonyl (C=O) groups excluding carboxylic acids is 1. The highest BCUT2D eigenvalue weighted by molar-refractivity contribution is 7.98. The number of amides is 1. The first-order valence-electron chi connectivity index (χ1n) is 10.5. The summed E-state index contributed by atoms with van der Waals surface area (Å²) in [6, 6.07) is 23.6. The minimum Gasteiger partial charge on any atom is -0.461 e. The molecule has 8 nitrogen and oxygen atoms in total. The summed E-state index contributed by atoms with van der Waals surface area (Å²) >= 11 is 2.78. The van der Waals surface area contributed by atoms with Crippen molar-refractivity contribution in [3.8, 4) is 11.6 Å². The molecule has 0 bridgehead atoms. The average molecular weight is 489 g/mol. The quantitative estimate of drug-likeness (QED) is 0.301. The van der Waals surface area contributed by atoms with Gasteiger partial charge in [0.25, 0.3) is 5.91 Å². The third kappa shape index (κ3) is 5.24. The molecule has 0 aliphatic heterocycles. The van der Waals surface area contributed by atoms with Gasteiger partial charge in [0, 0.05) is 6.54 Å². The Kier molecular flexibility index (Phi) is 6.78. The van der Waals surface area contributed by atoms with Crippen LogP contribution in [-0.4, -0.2) is 30.9 Å². The van der Waals surface area contributed by atoms with Crippen molar-refractivity contribution >= 4 is 29.0 Å². The first kappa shape index (κ1) is 22.1. The lowest BCUT2D eigenvalue weighted by atomic mass is 10.2. The van der Waals surface area contributed by atoms with E-state index in [1.165, 1.54) is 23.1 Å². The average Bonchev–Trinajstić information content (AvgIpc) is 3.64. The molecule has 5 rings (SSSR count). The number of carbonyl (C=O) groups is 1. The van der Waals surface area contributed by atoms with E-state index in [1.54, 1.807) is 6.26 Å². The minimum atomic E-state index is -0.232. The molecule has 34 heavy (non-hydrogen) atoms. The Morgan fingerprint density at radius 3 is 2.41 bits per heavy atom. The smallest absolute Gasteiger partial charge is 0.282 e. The van der Waals surface area contributed by atoms with Crippen LogP contribution < -0.4 is 5.32 Å². The molecule has 0 unspecified atom stereocenters. The molecule has 10 heteroatoms. The van der Waals surface area contributed by atoms with Crippen LogP contribution >= 0.6 is 23.1 Å². The Balaban J connectivity index is 1.27. The van der Waals surface area contributed by atoms with Gasteiger partial charge < -0.3 is 9.73 Å². The first-order valence-corrected chi connectivity index (χ1v) is 12.3. The van der Waals surface area contributed by atoms with Gasteiger partial charge in [0.1, 0.15) is 5.01 Å². The van der Waals surface area contributed by atoms with Crippen LogP contribution in [0.5, 0.6) is 0 Å². The van der Waals surface area contributed by atoms with Gasteiger partial charge in [0.05, 0.1) is 18.6 Å². The fraction of sp³-hybridized carbons (Fsp3) is 0.125. The van der Waals surface area contributed by atoms with Crippen molar-refractivity contribution in [1.29, 1.82) is 0 Å². The van der Waals surface area contributed by atoms with E-state index in [1.807, 2.05) is 65.2 Å². The molecule has 2 aromatic carbocycles. The molecule has 1 amide bonds. The fourth-order valence-corrected chi connectivity index (χ4v) is 4.96. The summed E-state index contributed by atoms with van der Waals surface area (Å²) in [5.74, 6) is 1.61. The fourth-order valence-electron chi connectivity index (χ4n) is 3.28. The Morgan fingerprint density at radius 1 is 0.912 bits per heavy atom. The number of benzene rings is 2. The standard InChI is InChI=1S/C24H20N6O2S2/c31-22(25-14-17-8-3-1-4-9-17)23-28-26-20(34-23)16-33-24-29-27-21(19-12-7-13-32-19)30(24)15-18-10-5-2-6-11-18/h1-13H,14-16H2,(H,25,31). The van der Waals surface area contributed by atoms with Crippen LogP contribution in [0.1, 0.15) is 25.9 Å². The molecule has 0 atom stereocenters. The van der Waals surface area contributed by atoms with Crippen LogP contribution in [0, 0.1) is 0 Å². The van der Waals surface area contributed by atoms with Gasteiger partial charge in [0.2, 0.25) is 10.8 Å². The molecule has 3 heterocycles. The second-order valence-corrected chi connectivity index (χ2v) is 9.32. The number of thioether (sulfide) groups is 1. The summed E-state index contributed by atoms with van der Waals surface area (Å²) in [7, 11) is 0. The molecule has 0 saturated carbocycles. The highest BCUT2D eigenvalue weighted by Gasteiger charge is 2.18. The van der Waals surface area contributed by atoms with E-state index in [2.05, 4.69) is 37.8 Å². The summed E-state index contributed by atoms with van der Waals surface area (Å²) in [6.07, 6.45) is 1.62. The molecule has 3 aromatic heterocycles. The van der Waals surface area contributed by atoms with Gasteiger partial charge in [-0.3, -0.25) is 9.36 Å². The number of aromatic nitrogens is 5. The van der Waals surface area contributed by atoms with Crippen molar-refractivity contribution in [3.05, 3.63) is 100 Å². The molecule has 0 saturated heterocycles. The predicted molar refractivity (Wildman–Crippen MR) is 130 cm³/mol. The predicted octanol–water partition coefficient (Wildman–Crippen LogP) is 4.66. The lowest BCUT2D eigenvalue weighted by Crippen LogP contribution is -2.22. The van der Waals surface area contributed by atoms with E-state index in [0.717, 1.165) is 21.3 Å². The van der Waals surface area contributed by atoms with Gasteiger partial charge in [-0.15, -0.1) is 20.4 Å². The van der Waals surface area contributed by atoms with E-state index in [-0.39, 0.29) is 5.91 Å². The van der Waals surface area contributed by atoms with Crippen LogP contribution in [0.3, 0.4) is 0 Å². The van der Waals surface area contributed by atoms with Gasteiger partial charge in [-0.1, -0.05) is 83.8 Å². The van der Waals surface area contributed by atoms with E-state index in [9.17, 15) is 4.79 Å². The maximum absolute atomic E-state index is 12.5. The summed E-state index contributed by atoms with van der Waals surface area (Å²) < 4.78 is 7.58. The zero-order valence-corrected chi connectivity index (χ0v) is 19.6. The highest BCUT2D eigenvalue weighted by Crippen LogP contribution is 2.28. The molecular weight excluding hydrogens is 468 g/mol. The Labute approximate surface area is 204 Å². The Bertz CT molecular complexity index is 1350. The molecule has 5 aromatic rings. The van der Waals surface area contributed by atoms with E-state index < -0.39 is 0 Å². The van der Waals surface area contributed by atoms with Crippen LogP contribution in [0.25, 0.3) is 11.6 Å². The van der Waals surface area contributed by atoms with Gasteiger partial charge in [-0.2, -0.15) is 0 Å². The normalized spacial score (nSPS) is 10.9. The maximum atomic E-state index is 12.5. The number of rotatable bonds is 9. The van der Waals surface area contributed by atoms with Gasteiger partial charge in [-0.05, 0) is 23.3 Å². The maximum Gasteiger partial charge on any atom is 0.282 e. The number of furan rings is 1. The molecule has 0 aliphatic rings. The second kappa shape index (κ2) is 10.4.